The highest BCUT2D eigenvalue weighted by atomic mass is 16.4. The van der Waals surface area contributed by atoms with Crippen LogP contribution >= 0.6 is 0 Å². The van der Waals surface area contributed by atoms with Gasteiger partial charge in [-0.05, 0) is 25.5 Å². The number of anilines is 1. The van der Waals surface area contributed by atoms with Gasteiger partial charge in [-0.2, -0.15) is 0 Å². The van der Waals surface area contributed by atoms with E-state index in [2.05, 4.69) is 6.08 Å². The van der Waals surface area contributed by atoms with E-state index < -0.39 is 5.97 Å². The van der Waals surface area contributed by atoms with Crippen molar-refractivity contribution in [2.45, 2.75) is 13.3 Å². The zero-order valence-corrected chi connectivity index (χ0v) is 11.5. The van der Waals surface area contributed by atoms with Gasteiger partial charge < -0.3 is 10.0 Å². The van der Waals surface area contributed by atoms with E-state index in [4.69, 9.17) is 5.11 Å². The van der Waals surface area contributed by atoms with Crippen molar-refractivity contribution < 1.29 is 14.7 Å². The molecule has 2 rings (SSSR count). The number of hydrogen-bond acceptors (Lipinski definition) is 2. The van der Waals surface area contributed by atoms with Crippen LogP contribution in [0.2, 0.25) is 0 Å². The third-order valence-electron chi connectivity index (χ3n) is 3.19. The van der Waals surface area contributed by atoms with Crippen LogP contribution in [-0.4, -0.2) is 41.6 Å². The Bertz CT molecular complexity index is 525. The minimum Gasteiger partial charge on any atom is -0.480 e. The Morgan fingerprint density at radius 2 is 2.00 bits per heavy atom. The highest BCUT2D eigenvalue weighted by Crippen LogP contribution is 2.18. The molecule has 0 aromatic heterocycles. The van der Waals surface area contributed by atoms with Crippen molar-refractivity contribution in [2.75, 3.05) is 24.5 Å². The van der Waals surface area contributed by atoms with Gasteiger partial charge in [0.15, 0.2) is 0 Å². The van der Waals surface area contributed by atoms with Crippen LogP contribution < -0.4 is 4.90 Å². The van der Waals surface area contributed by atoms with Crippen molar-refractivity contribution in [3.8, 4) is 0 Å². The van der Waals surface area contributed by atoms with Gasteiger partial charge >= 0.3 is 12.0 Å². The molecule has 0 spiro atoms. The first-order chi connectivity index (χ1) is 9.58. The molecule has 1 aromatic rings. The lowest BCUT2D eigenvalue weighted by atomic mass is 10.1. The molecule has 1 heterocycles. The minimum absolute atomic E-state index is 0.258. The summed E-state index contributed by atoms with van der Waals surface area (Å²) < 4.78 is 0. The van der Waals surface area contributed by atoms with Crippen molar-refractivity contribution in [3.05, 3.63) is 42.0 Å². The predicted octanol–water partition coefficient (Wildman–Crippen LogP) is 2.35. The van der Waals surface area contributed by atoms with E-state index in [-0.39, 0.29) is 12.6 Å². The van der Waals surface area contributed by atoms with Gasteiger partial charge in [-0.3, -0.25) is 9.69 Å². The molecule has 0 saturated carbocycles. The summed E-state index contributed by atoms with van der Waals surface area (Å²) in [5.41, 5.74) is 1.74. The van der Waals surface area contributed by atoms with E-state index in [0.717, 1.165) is 12.0 Å². The quantitative estimate of drug-likeness (QED) is 0.861. The number of carboxylic acid groups (broad SMARTS) is 1. The van der Waals surface area contributed by atoms with E-state index in [1.807, 2.05) is 13.0 Å². The highest BCUT2D eigenvalue weighted by molar-refractivity contribution is 5.96. The summed E-state index contributed by atoms with van der Waals surface area (Å²) in [6, 6.07) is 8.64. The van der Waals surface area contributed by atoms with Crippen molar-refractivity contribution in [2.24, 2.45) is 0 Å². The maximum Gasteiger partial charge on any atom is 0.325 e. The van der Waals surface area contributed by atoms with Crippen molar-refractivity contribution in [1.29, 1.82) is 0 Å². The van der Waals surface area contributed by atoms with Crippen LogP contribution in [-0.2, 0) is 4.79 Å². The van der Waals surface area contributed by atoms with Crippen LogP contribution in [0.15, 0.2) is 42.0 Å². The van der Waals surface area contributed by atoms with E-state index in [1.54, 1.807) is 29.2 Å². The predicted molar refractivity (Wildman–Crippen MR) is 76.8 cm³/mol. The fraction of sp³-hybridized carbons (Fsp3) is 0.333. The number of benzene rings is 1. The maximum atomic E-state index is 12.5. The second kappa shape index (κ2) is 6.23. The number of rotatable bonds is 3. The summed E-state index contributed by atoms with van der Waals surface area (Å²) in [6.45, 7) is 2.83. The first-order valence-corrected chi connectivity index (χ1v) is 6.57. The molecule has 106 valence electrons. The van der Waals surface area contributed by atoms with Gasteiger partial charge in [0.25, 0.3) is 0 Å². The first-order valence-electron chi connectivity index (χ1n) is 6.57. The van der Waals surface area contributed by atoms with E-state index in [9.17, 15) is 9.59 Å². The van der Waals surface area contributed by atoms with Gasteiger partial charge in [-0.15, -0.1) is 0 Å². The number of amides is 2. The summed E-state index contributed by atoms with van der Waals surface area (Å²) in [5, 5.41) is 9.02. The Hall–Kier alpha value is -2.30. The molecule has 0 saturated heterocycles. The van der Waals surface area contributed by atoms with E-state index in [0.29, 0.717) is 18.8 Å². The Morgan fingerprint density at radius 1 is 1.30 bits per heavy atom. The molecule has 0 radical (unpaired) electrons. The molecule has 5 heteroatoms. The molecule has 2 amide bonds. The molecule has 0 aliphatic carbocycles. The monoisotopic (exact) mass is 274 g/mol. The number of carbonyl (C=O) groups excluding carboxylic acids is 1. The third kappa shape index (κ3) is 3.38. The smallest absolute Gasteiger partial charge is 0.325 e. The number of urea groups is 1. The van der Waals surface area contributed by atoms with Gasteiger partial charge in [0.05, 0.1) is 0 Å². The first kappa shape index (κ1) is 14.1. The fourth-order valence-electron chi connectivity index (χ4n) is 2.26. The molecule has 0 unspecified atom stereocenters. The van der Waals surface area contributed by atoms with Gasteiger partial charge in [0, 0.05) is 18.8 Å². The fourth-order valence-corrected chi connectivity index (χ4v) is 2.26. The standard InChI is InChI=1S/C15H18N2O3/c1-12-6-5-9-16(10-12)15(20)17(11-14(18)19)13-7-3-2-4-8-13/h2-4,6-8H,5,9-11H2,1H3,(H,18,19). The number of carboxylic acids is 1. The zero-order valence-electron chi connectivity index (χ0n) is 11.5. The zero-order chi connectivity index (χ0) is 14.5. The molecule has 1 aliphatic heterocycles. The number of para-hydroxylation sites is 1. The SMILES string of the molecule is CC1=CCCN(C(=O)N(CC(=O)O)c2ccccc2)C1. The lowest BCUT2D eigenvalue weighted by Crippen LogP contribution is -2.47. The van der Waals surface area contributed by atoms with Crippen LogP contribution in [0.3, 0.4) is 0 Å². The van der Waals surface area contributed by atoms with Crippen LogP contribution in [0.5, 0.6) is 0 Å². The summed E-state index contributed by atoms with van der Waals surface area (Å²) in [7, 11) is 0. The summed E-state index contributed by atoms with van der Waals surface area (Å²) in [6.07, 6.45) is 2.92. The Labute approximate surface area is 118 Å². The molecule has 20 heavy (non-hydrogen) atoms. The molecule has 0 bridgehead atoms. The molecule has 5 nitrogen and oxygen atoms in total. The molecule has 0 fully saturated rings. The van der Waals surface area contributed by atoms with E-state index >= 15 is 0 Å². The lowest BCUT2D eigenvalue weighted by Gasteiger charge is -2.32. The number of nitrogens with zero attached hydrogens (tertiary/aromatic N) is 2. The van der Waals surface area contributed by atoms with Crippen molar-refractivity contribution in [3.63, 3.8) is 0 Å². The second-order valence-electron chi connectivity index (χ2n) is 4.86. The Morgan fingerprint density at radius 3 is 2.60 bits per heavy atom. The van der Waals surface area contributed by atoms with E-state index in [1.165, 1.54) is 4.90 Å². The number of carbonyl (C=O) groups is 2. The third-order valence-corrected chi connectivity index (χ3v) is 3.19. The molecular weight excluding hydrogens is 256 g/mol. The maximum absolute atomic E-state index is 12.5. The highest BCUT2D eigenvalue weighted by Gasteiger charge is 2.25. The normalized spacial score (nSPS) is 14.7. The van der Waals surface area contributed by atoms with Crippen LogP contribution in [0.4, 0.5) is 10.5 Å². The molecule has 1 aliphatic rings. The van der Waals surface area contributed by atoms with Crippen LogP contribution in [0.25, 0.3) is 0 Å². The number of aliphatic carboxylic acids is 1. The molecule has 1 N–H and O–H groups in total. The van der Waals surface area contributed by atoms with Gasteiger partial charge in [-0.1, -0.05) is 29.8 Å². The summed E-state index contributed by atoms with van der Waals surface area (Å²) >= 11 is 0. The Balaban J connectivity index is 2.20. The average molecular weight is 274 g/mol. The van der Waals surface area contributed by atoms with Crippen LogP contribution in [0, 0.1) is 0 Å². The van der Waals surface area contributed by atoms with Gasteiger partial charge in [0.2, 0.25) is 0 Å². The second-order valence-corrected chi connectivity index (χ2v) is 4.86. The Kier molecular flexibility index (Phi) is 4.40. The van der Waals surface area contributed by atoms with Crippen LogP contribution in [0.1, 0.15) is 13.3 Å². The van der Waals surface area contributed by atoms with Gasteiger partial charge in [0.1, 0.15) is 6.54 Å². The lowest BCUT2D eigenvalue weighted by molar-refractivity contribution is -0.135. The van der Waals surface area contributed by atoms with Gasteiger partial charge in [-0.25, -0.2) is 4.79 Å². The summed E-state index contributed by atoms with van der Waals surface area (Å²) in [4.78, 5) is 26.5. The topological polar surface area (TPSA) is 60.9 Å². The minimum atomic E-state index is -1.02. The largest absolute Gasteiger partial charge is 0.480 e. The van der Waals surface area contributed by atoms with Crippen molar-refractivity contribution in [1.82, 2.24) is 4.90 Å². The molecule has 0 atom stereocenters. The molecular formula is C15H18N2O3. The average Bonchev–Trinajstić information content (AvgIpc) is 2.45. The van der Waals surface area contributed by atoms with Crippen molar-refractivity contribution >= 4 is 17.7 Å². The number of hydrogen-bond donors (Lipinski definition) is 1. The molecule has 1 aromatic carbocycles. The summed E-state index contributed by atoms with van der Waals surface area (Å²) in [5.74, 6) is -1.02.